The molecular formula is C15H15FN4S. The molecule has 4 nitrogen and oxygen atoms in total. The fraction of sp³-hybridized carbons (Fsp3) is 0.200. The van der Waals surface area contributed by atoms with Crippen LogP contribution in [-0.2, 0) is 13.1 Å². The van der Waals surface area contributed by atoms with Crippen molar-refractivity contribution in [3.8, 4) is 10.6 Å². The number of halogens is 1. The van der Waals surface area contributed by atoms with Crippen LogP contribution in [0.2, 0.25) is 0 Å². The first-order valence-electron chi connectivity index (χ1n) is 6.70. The third-order valence-electron chi connectivity index (χ3n) is 3.03. The summed E-state index contributed by atoms with van der Waals surface area (Å²) in [5, 5.41) is 10.4. The monoisotopic (exact) mass is 302 g/mol. The molecule has 0 unspecified atom stereocenters. The van der Waals surface area contributed by atoms with Crippen LogP contribution in [0.3, 0.4) is 0 Å². The molecule has 3 rings (SSSR count). The molecule has 0 aliphatic heterocycles. The molecule has 0 saturated heterocycles. The van der Waals surface area contributed by atoms with Crippen molar-refractivity contribution in [1.29, 1.82) is 0 Å². The number of nitrogens with one attached hydrogen (secondary N) is 1. The van der Waals surface area contributed by atoms with Gasteiger partial charge in [0.1, 0.15) is 10.8 Å². The largest absolute Gasteiger partial charge is 0.309 e. The lowest BCUT2D eigenvalue weighted by atomic mass is 10.2. The standard InChI is InChI=1S/C15H15FN4S/c16-13-4-2-12(3-5-13)15-19-14(11-21-15)10-17-7-9-20-8-1-6-18-20/h1-6,8,11,17H,7,9-10H2. The van der Waals surface area contributed by atoms with Gasteiger partial charge in [0, 0.05) is 36.4 Å². The van der Waals surface area contributed by atoms with Crippen molar-refractivity contribution >= 4 is 11.3 Å². The van der Waals surface area contributed by atoms with E-state index in [1.165, 1.54) is 12.1 Å². The normalized spacial score (nSPS) is 10.9. The van der Waals surface area contributed by atoms with Gasteiger partial charge in [-0.05, 0) is 30.3 Å². The minimum Gasteiger partial charge on any atom is -0.309 e. The van der Waals surface area contributed by atoms with Crippen LogP contribution in [0.5, 0.6) is 0 Å². The second-order valence-electron chi connectivity index (χ2n) is 4.60. The van der Waals surface area contributed by atoms with E-state index < -0.39 is 0 Å². The molecule has 0 aliphatic rings. The van der Waals surface area contributed by atoms with Gasteiger partial charge in [0.2, 0.25) is 0 Å². The summed E-state index contributed by atoms with van der Waals surface area (Å²) in [5.41, 5.74) is 1.95. The lowest BCUT2D eigenvalue weighted by molar-refractivity contribution is 0.552. The predicted molar refractivity (Wildman–Crippen MR) is 81.4 cm³/mol. The van der Waals surface area contributed by atoms with E-state index in [-0.39, 0.29) is 5.82 Å². The van der Waals surface area contributed by atoms with Crippen molar-refractivity contribution in [2.24, 2.45) is 0 Å². The lowest BCUT2D eigenvalue weighted by Gasteiger charge is -2.02. The Kier molecular flexibility index (Phi) is 4.37. The van der Waals surface area contributed by atoms with Gasteiger partial charge in [-0.15, -0.1) is 11.3 Å². The fourth-order valence-electron chi connectivity index (χ4n) is 1.96. The van der Waals surface area contributed by atoms with E-state index in [0.717, 1.165) is 35.9 Å². The van der Waals surface area contributed by atoms with Crippen LogP contribution in [0, 0.1) is 5.82 Å². The van der Waals surface area contributed by atoms with Crippen LogP contribution in [-0.4, -0.2) is 21.3 Å². The number of rotatable bonds is 6. The maximum absolute atomic E-state index is 12.9. The Labute approximate surface area is 126 Å². The summed E-state index contributed by atoms with van der Waals surface area (Å²) < 4.78 is 14.8. The third kappa shape index (κ3) is 3.74. The Morgan fingerprint density at radius 2 is 2.10 bits per heavy atom. The van der Waals surface area contributed by atoms with Crippen LogP contribution in [0.1, 0.15) is 5.69 Å². The minimum absolute atomic E-state index is 0.226. The van der Waals surface area contributed by atoms with E-state index in [2.05, 4.69) is 15.4 Å². The van der Waals surface area contributed by atoms with E-state index >= 15 is 0 Å². The van der Waals surface area contributed by atoms with Gasteiger partial charge in [-0.2, -0.15) is 5.10 Å². The second-order valence-corrected chi connectivity index (χ2v) is 5.45. The Morgan fingerprint density at radius 1 is 1.24 bits per heavy atom. The van der Waals surface area contributed by atoms with Crippen molar-refractivity contribution in [2.45, 2.75) is 13.1 Å². The molecule has 2 heterocycles. The van der Waals surface area contributed by atoms with E-state index in [4.69, 9.17) is 0 Å². The number of hydrogen-bond donors (Lipinski definition) is 1. The minimum atomic E-state index is -0.226. The Balaban J connectivity index is 1.52. The maximum atomic E-state index is 12.9. The highest BCUT2D eigenvalue weighted by atomic mass is 32.1. The first kappa shape index (κ1) is 13.9. The first-order valence-corrected chi connectivity index (χ1v) is 7.58. The van der Waals surface area contributed by atoms with Crippen LogP contribution >= 0.6 is 11.3 Å². The van der Waals surface area contributed by atoms with E-state index in [9.17, 15) is 4.39 Å². The maximum Gasteiger partial charge on any atom is 0.123 e. The lowest BCUT2D eigenvalue weighted by Crippen LogP contribution is -2.19. The van der Waals surface area contributed by atoms with Gasteiger partial charge in [-0.25, -0.2) is 9.37 Å². The quantitative estimate of drug-likeness (QED) is 0.712. The van der Waals surface area contributed by atoms with Crippen molar-refractivity contribution in [3.63, 3.8) is 0 Å². The molecule has 0 aliphatic carbocycles. The van der Waals surface area contributed by atoms with Gasteiger partial charge in [0.25, 0.3) is 0 Å². The highest BCUT2D eigenvalue weighted by Crippen LogP contribution is 2.23. The number of benzene rings is 1. The second kappa shape index (κ2) is 6.60. The summed E-state index contributed by atoms with van der Waals surface area (Å²) >= 11 is 1.57. The van der Waals surface area contributed by atoms with Gasteiger partial charge in [-0.1, -0.05) is 0 Å². The van der Waals surface area contributed by atoms with Gasteiger partial charge in [0.15, 0.2) is 0 Å². The zero-order valence-corrected chi connectivity index (χ0v) is 12.2. The fourth-order valence-corrected chi connectivity index (χ4v) is 2.78. The zero-order chi connectivity index (χ0) is 14.5. The topological polar surface area (TPSA) is 42.7 Å². The summed E-state index contributed by atoms with van der Waals surface area (Å²) in [7, 11) is 0. The van der Waals surface area contributed by atoms with Gasteiger partial charge in [0.05, 0.1) is 12.2 Å². The Hall–Kier alpha value is -2.05. The van der Waals surface area contributed by atoms with Crippen molar-refractivity contribution in [2.75, 3.05) is 6.54 Å². The highest BCUT2D eigenvalue weighted by molar-refractivity contribution is 7.13. The molecule has 1 N–H and O–H groups in total. The molecule has 21 heavy (non-hydrogen) atoms. The molecule has 6 heteroatoms. The molecule has 0 saturated carbocycles. The van der Waals surface area contributed by atoms with Crippen molar-refractivity contribution in [3.05, 3.63) is 59.6 Å². The summed E-state index contributed by atoms with van der Waals surface area (Å²) in [4.78, 5) is 4.56. The van der Waals surface area contributed by atoms with Crippen molar-refractivity contribution < 1.29 is 4.39 Å². The first-order chi connectivity index (χ1) is 10.3. The molecule has 0 atom stereocenters. The molecule has 0 fully saturated rings. The van der Waals surface area contributed by atoms with Gasteiger partial charge < -0.3 is 5.32 Å². The van der Waals surface area contributed by atoms with E-state index in [1.807, 2.05) is 22.3 Å². The van der Waals surface area contributed by atoms with Gasteiger partial charge >= 0.3 is 0 Å². The summed E-state index contributed by atoms with van der Waals surface area (Å²) in [6.45, 7) is 2.39. The molecule has 108 valence electrons. The third-order valence-corrected chi connectivity index (χ3v) is 3.97. The van der Waals surface area contributed by atoms with E-state index in [0.29, 0.717) is 0 Å². The SMILES string of the molecule is Fc1ccc(-c2nc(CNCCn3cccn3)cs2)cc1. The zero-order valence-electron chi connectivity index (χ0n) is 11.4. The number of hydrogen-bond acceptors (Lipinski definition) is 4. The van der Waals surface area contributed by atoms with Crippen LogP contribution < -0.4 is 5.32 Å². The molecule has 2 aromatic heterocycles. The predicted octanol–water partition coefficient (Wildman–Crippen LogP) is 2.94. The molecule has 3 aromatic rings. The van der Waals surface area contributed by atoms with Crippen LogP contribution in [0.4, 0.5) is 4.39 Å². The highest BCUT2D eigenvalue weighted by Gasteiger charge is 2.04. The molecular weight excluding hydrogens is 287 g/mol. The molecule has 0 radical (unpaired) electrons. The van der Waals surface area contributed by atoms with Crippen LogP contribution in [0.25, 0.3) is 10.6 Å². The average molecular weight is 302 g/mol. The summed E-state index contributed by atoms with van der Waals surface area (Å²) in [6.07, 6.45) is 3.71. The molecule has 0 bridgehead atoms. The average Bonchev–Trinajstić information content (AvgIpc) is 3.16. The Bertz CT molecular complexity index is 676. The van der Waals surface area contributed by atoms with E-state index in [1.54, 1.807) is 29.7 Å². The Morgan fingerprint density at radius 3 is 2.86 bits per heavy atom. The summed E-state index contributed by atoms with van der Waals surface area (Å²) in [5.74, 6) is -0.226. The number of thiazole rings is 1. The molecule has 0 amide bonds. The van der Waals surface area contributed by atoms with Gasteiger partial charge in [-0.3, -0.25) is 4.68 Å². The van der Waals surface area contributed by atoms with Crippen molar-refractivity contribution in [1.82, 2.24) is 20.1 Å². The molecule has 0 spiro atoms. The molecule has 1 aromatic carbocycles. The number of aromatic nitrogens is 3. The van der Waals surface area contributed by atoms with Crippen LogP contribution in [0.15, 0.2) is 48.1 Å². The smallest absolute Gasteiger partial charge is 0.123 e. The summed E-state index contributed by atoms with van der Waals surface area (Å²) in [6, 6.07) is 8.33. The number of nitrogens with zero attached hydrogens (tertiary/aromatic N) is 3.